The number of sulfonamides is 1. The summed E-state index contributed by atoms with van der Waals surface area (Å²) in [6.07, 6.45) is -0.979. The zero-order chi connectivity index (χ0) is 18.7. The number of anilines is 1. The lowest BCUT2D eigenvalue weighted by molar-refractivity contribution is 0.143. The lowest BCUT2D eigenvalue weighted by atomic mass is 10.2. The van der Waals surface area contributed by atoms with Crippen LogP contribution in [0.2, 0.25) is 0 Å². The van der Waals surface area contributed by atoms with E-state index in [4.69, 9.17) is 4.74 Å². The Morgan fingerprint density at radius 1 is 1.04 bits per heavy atom. The quantitative estimate of drug-likeness (QED) is 0.844. The van der Waals surface area contributed by atoms with Gasteiger partial charge in [-0.2, -0.15) is 0 Å². The topological polar surface area (TPSA) is 75.7 Å². The molecule has 0 bridgehead atoms. The van der Waals surface area contributed by atoms with Crippen LogP contribution in [-0.4, -0.2) is 33.7 Å². The molecule has 3 rings (SSSR count). The van der Waals surface area contributed by atoms with Crippen LogP contribution in [0.1, 0.15) is 16.7 Å². The smallest absolute Gasteiger partial charge is 0.414 e. The van der Waals surface area contributed by atoms with Crippen LogP contribution < -0.4 is 9.62 Å². The molecule has 1 amide bonds. The van der Waals surface area contributed by atoms with Crippen molar-refractivity contribution in [3.8, 4) is 0 Å². The normalized spacial score (nSPS) is 17.4. The van der Waals surface area contributed by atoms with E-state index in [-0.39, 0.29) is 12.3 Å². The molecule has 2 aromatic rings. The number of nitrogens with zero attached hydrogens (tertiary/aromatic N) is 1. The van der Waals surface area contributed by atoms with Gasteiger partial charge in [0.25, 0.3) is 0 Å². The zero-order valence-corrected chi connectivity index (χ0v) is 15.6. The van der Waals surface area contributed by atoms with E-state index in [1.54, 1.807) is 12.1 Å². The third-order valence-electron chi connectivity index (χ3n) is 4.23. The molecule has 1 heterocycles. The van der Waals surface area contributed by atoms with E-state index in [2.05, 4.69) is 4.72 Å². The molecule has 138 valence electrons. The highest BCUT2D eigenvalue weighted by Crippen LogP contribution is 2.22. The Hall–Kier alpha value is -2.38. The molecule has 6 nitrogen and oxygen atoms in total. The highest BCUT2D eigenvalue weighted by Gasteiger charge is 2.32. The zero-order valence-electron chi connectivity index (χ0n) is 14.8. The van der Waals surface area contributed by atoms with Crippen molar-refractivity contribution in [2.24, 2.45) is 0 Å². The van der Waals surface area contributed by atoms with Crippen LogP contribution in [0.4, 0.5) is 10.5 Å². The molecule has 0 aliphatic carbocycles. The molecule has 0 aromatic heterocycles. The van der Waals surface area contributed by atoms with Gasteiger partial charge in [0.15, 0.2) is 0 Å². The number of hydrogen-bond donors (Lipinski definition) is 1. The molecule has 0 radical (unpaired) electrons. The molecule has 1 N–H and O–H groups in total. The van der Waals surface area contributed by atoms with Gasteiger partial charge < -0.3 is 4.74 Å². The van der Waals surface area contributed by atoms with E-state index in [1.165, 1.54) is 4.90 Å². The highest BCUT2D eigenvalue weighted by atomic mass is 32.2. The summed E-state index contributed by atoms with van der Waals surface area (Å²) in [5.74, 6) is -0.102. The number of ether oxygens (including phenoxy) is 1. The Morgan fingerprint density at radius 2 is 1.62 bits per heavy atom. The van der Waals surface area contributed by atoms with Gasteiger partial charge >= 0.3 is 6.09 Å². The minimum Gasteiger partial charge on any atom is -0.443 e. The molecule has 1 unspecified atom stereocenters. The summed E-state index contributed by atoms with van der Waals surface area (Å²) in [5, 5.41) is 0. The van der Waals surface area contributed by atoms with Crippen molar-refractivity contribution < 1.29 is 17.9 Å². The van der Waals surface area contributed by atoms with Crippen molar-refractivity contribution in [2.45, 2.75) is 25.7 Å². The first-order valence-electron chi connectivity index (χ1n) is 8.40. The predicted molar refractivity (Wildman–Crippen MR) is 101 cm³/mol. The molecule has 1 atom stereocenters. The number of rotatable bonds is 6. The van der Waals surface area contributed by atoms with Crippen LogP contribution >= 0.6 is 0 Å². The fourth-order valence-electron chi connectivity index (χ4n) is 2.74. The Morgan fingerprint density at radius 3 is 2.23 bits per heavy atom. The van der Waals surface area contributed by atoms with Gasteiger partial charge in [-0.1, -0.05) is 47.5 Å². The second-order valence-corrected chi connectivity index (χ2v) is 8.35. The maximum atomic E-state index is 12.2. The van der Waals surface area contributed by atoms with Crippen LogP contribution in [0, 0.1) is 13.8 Å². The third kappa shape index (κ3) is 4.62. The summed E-state index contributed by atoms with van der Waals surface area (Å²) in [6.45, 7) is 4.29. The largest absolute Gasteiger partial charge is 0.443 e. The summed E-state index contributed by atoms with van der Waals surface area (Å²) in [6, 6.07) is 14.9. The van der Waals surface area contributed by atoms with Crippen molar-refractivity contribution in [1.82, 2.24) is 4.72 Å². The molecule has 1 aliphatic rings. The minimum atomic E-state index is -3.50. The molecule has 0 spiro atoms. The fourth-order valence-corrected chi connectivity index (χ4v) is 3.91. The molecule has 26 heavy (non-hydrogen) atoms. The molecule has 0 saturated carbocycles. The van der Waals surface area contributed by atoms with Gasteiger partial charge in [0.1, 0.15) is 6.10 Å². The summed E-state index contributed by atoms with van der Waals surface area (Å²) < 4.78 is 32.3. The number of cyclic esters (lactones) is 1. The average Bonchev–Trinajstić information content (AvgIpc) is 2.97. The molecular formula is C19H22N2O4S. The van der Waals surface area contributed by atoms with Gasteiger partial charge in [0.2, 0.25) is 10.0 Å². The highest BCUT2D eigenvalue weighted by molar-refractivity contribution is 7.88. The minimum absolute atomic E-state index is 0.0578. The van der Waals surface area contributed by atoms with Crippen LogP contribution in [-0.2, 0) is 20.5 Å². The van der Waals surface area contributed by atoms with E-state index >= 15 is 0 Å². The van der Waals surface area contributed by atoms with Crippen molar-refractivity contribution in [1.29, 1.82) is 0 Å². The van der Waals surface area contributed by atoms with Crippen molar-refractivity contribution in [3.63, 3.8) is 0 Å². The van der Waals surface area contributed by atoms with Gasteiger partial charge in [-0.15, -0.1) is 0 Å². The van der Waals surface area contributed by atoms with Gasteiger partial charge in [-0.05, 0) is 31.5 Å². The molecule has 1 aliphatic heterocycles. The lowest BCUT2D eigenvalue weighted by Crippen LogP contribution is -2.35. The maximum absolute atomic E-state index is 12.2. The maximum Gasteiger partial charge on any atom is 0.414 e. The fraction of sp³-hybridized carbons (Fsp3) is 0.316. The average molecular weight is 374 g/mol. The lowest BCUT2D eigenvalue weighted by Gasteiger charge is -2.13. The first-order chi connectivity index (χ1) is 12.3. The number of benzene rings is 2. The number of carbonyl (C=O) groups is 1. The Balaban J connectivity index is 1.57. The molecule has 7 heteroatoms. The second-order valence-electron chi connectivity index (χ2n) is 6.55. The van der Waals surface area contributed by atoms with Gasteiger partial charge in [-0.25, -0.2) is 17.9 Å². The summed E-state index contributed by atoms with van der Waals surface area (Å²) in [5.41, 5.74) is 3.63. The van der Waals surface area contributed by atoms with Crippen LogP contribution in [0.25, 0.3) is 0 Å². The van der Waals surface area contributed by atoms with E-state index < -0.39 is 22.2 Å². The Kier molecular flexibility index (Phi) is 5.29. The molecule has 1 saturated heterocycles. The first kappa shape index (κ1) is 18.4. The SMILES string of the molecule is Cc1ccc(CS(=O)(=O)NCC2CN(c3ccc(C)cc3)C(=O)O2)cc1. The van der Waals surface area contributed by atoms with Crippen LogP contribution in [0.3, 0.4) is 0 Å². The molecule has 1 fully saturated rings. The van der Waals surface area contributed by atoms with Gasteiger partial charge in [0.05, 0.1) is 12.3 Å². The monoisotopic (exact) mass is 374 g/mol. The van der Waals surface area contributed by atoms with E-state index in [1.807, 2.05) is 50.2 Å². The van der Waals surface area contributed by atoms with Crippen molar-refractivity contribution in [3.05, 3.63) is 65.2 Å². The van der Waals surface area contributed by atoms with Crippen molar-refractivity contribution in [2.75, 3.05) is 18.0 Å². The molecular weight excluding hydrogens is 352 g/mol. The summed E-state index contributed by atoms with van der Waals surface area (Å²) in [4.78, 5) is 13.6. The van der Waals surface area contributed by atoms with Crippen LogP contribution in [0.5, 0.6) is 0 Å². The van der Waals surface area contributed by atoms with E-state index in [9.17, 15) is 13.2 Å². The van der Waals surface area contributed by atoms with E-state index in [0.717, 1.165) is 16.8 Å². The predicted octanol–water partition coefficient (Wildman–Crippen LogP) is 2.75. The van der Waals surface area contributed by atoms with Gasteiger partial charge in [-0.3, -0.25) is 4.90 Å². The number of amides is 1. The summed E-state index contributed by atoms with van der Waals surface area (Å²) >= 11 is 0. The standard InChI is InChI=1S/C19H22N2O4S/c1-14-3-7-16(8-4-14)13-26(23,24)20-11-18-12-21(19(22)25-18)17-9-5-15(2)6-10-17/h3-10,18,20H,11-13H2,1-2H3. The number of hydrogen-bond acceptors (Lipinski definition) is 4. The number of carbonyl (C=O) groups excluding carboxylic acids is 1. The van der Waals surface area contributed by atoms with Crippen LogP contribution in [0.15, 0.2) is 48.5 Å². The second kappa shape index (κ2) is 7.47. The number of aryl methyl sites for hydroxylation is 2. The Bertz CT molecular complexity index is 877. The van der Waals surface area contributed by atoms with E-state index in [0.29, 0.717) is 12.1 Å². The third-order valence-corrected chi connectivity index (χ3v) is 5.55. The summed E-state index contributed by atoms with van der Waals surface area (Å²) in [7, 11) is -3.50. The number of nitrogens with one attached hydrogen (secondary N) is 1. The van der Waals surface area contributed by atoms with Crippen molar-refractivity contribution >= 4 is 21.8 Å². The Labute approximate surface area is 153 Å². The first-order valence-corrected chi connectivity index (χ1v) is 10.1. The van der Waals surface area contributed by atoms with Gasteiger partial charge in [0, 0.05) is 12.2 Å². The molecule has 2 aromatic carbocycles.